The first-order valence-corrected chi connectivity index (χ1v) is 8.00. The summed E-state index contributed by atoms with van der Waals surface area (Å²) in [4.78, 5) is 39.5. The molecule has 8 heteroatoms. The summed E-state index contributed by atoms with van der Waals surface area (Å²) in [5, 5.41) is 8.63. The third-order valence-corrected chi connectivity index (χ3v) is 3.79. The van der Waals surface area contributed by atoms with Gasteiger partial charge in [-0.05, 0) is 23.8 Å². The maximum atomic E-state index is 12.9. The zero-order valence-electron chi connectivity index (χ0n) is 14.9. The molecule has 2 aromatic rings. The second kappa shape index (κ2) is 9.33. The Hall–Kier alpha value is -3.42. The number of esters is 1. The van der Waals surface area contributed by atoms with Gasteiger partial charge in [-0.3, -0.25) is 9.59 Å². The summed E-state index contributed by atoms with van der Waals surface area (Å²) in [5.74, 6) is -2.30. The number of carbonyl (C=O) groups excluding carboxylic acids is 2. The zero-order chi connectivity index (χ0) is 19.8. The number of ketones is 1. The van der Waals surface area contributed by atoms with Crippen LogP contribution in [0.5, 0.6) is 11.6 Å². The molecule has 1 aromatic heterocycles. The number of hydrogen-bond donors (Lipinski definition) is 1. The van der Waals surface area contributed by atoms with Gasteiger partial charge in [0.15, 0.2) is 12.4 Å². The molecule has 1 atom stereocenters. The lowest BCUT2D eigenvalue weighted by molar-refractivity contribution is -0.155. The number of pyridine rings is 1. The molecule has 1 unspecified atom stereocenters. The van der Waals surface area contributed by atoms with E-state index in [0.717, 1.165) is 0 Å². The average molecular weight is 373 g/mol. The Balaban J connectivity index is 2.27. The van der Waals surface area contributed by atoms with E-state index < -0.39 is 24.5 Å². The molecule has 0 saturated heterocycles. The molecule has 1 aromatic carbocycles. The first-order chi connectivity index (χ1) is 12.9. The summed E-state index contributed by atoms with van der Waals surface area (Å²) in [6.07, 6.45) is 1.06. The molecule has 0 amide bonds. The number of rotatable bonds is 9. The number of aromatic nitrogens is 1. The van der Waals surface area contributed by atoms with Crippen molar-refractivity contribution < 1.29 is 33.7 Å². The predicted octanol–water partition coefficient (Wildman–Crippen LogP) is 2.08. The number of hydrogen-bond acceptors (Lipinski definition) is 7. The first-order valence-electron chi connectivity index (χ1n) is 8.00. The molecular weight excluding hydrogens is 354 g/mol. The molecule has 8 nitrogen and oxygen atoms in total. The second-order valence-corrected chi connectivity index (χ2v) is 5.54. The van der Waals surface area contributed by atoms with Crippen LogP contribution in [0.25, 0.3) is 0 Å². The van der Waals surface area contributed by atoms with Gasteiger partial charge in [-0.2, -0.15) is 0 Å². The zero-order valence-corrected chi connectivity index (χ0v) is 14.9. The SMILES string of the molecule is COc1ccc(C(CC(=O)OCC(=O)O)C(=O)c2ccc(OC)nc2)cc1. The topological polar surface area (TPSA) is 112 Å². The quantitative estimate of drug-likeness (QED) is 0.525. The lowest BCUT2D eigenvalue weighted by atomic mass is 9.88. The smallest absolute Gasteiger partial charge is 0.341 e. The molecule has 0 bridgehead atoms. The molecule has 1 N–H and O–H groups in total. The minimum atomic E-state index is -1.27. The highest BCUT2D eigenvalue weighted by atomic mass is 16.5. The number of Topliss-reactive ketones (excluding diaryl/α,β-unsaturated/α-hetero) is 1. The number of carboxylic acid groups (broad SMARTS) is 1. The Morgan fingerprint density at radius 2 is 1.74 bits per heavy atom. The third-order valence-electron chi connectivity index (χ3n) is 3.79. The number of carbonyl (C=O) groups is 3. The molecule has 0 spiro atoms. The van der Waals surface area contributed by atoms with Gasteiger partial charge in [-0.1, -0.05) is 12.1 Å². The van der Waals surface area contributed by atoms with Crippen molar-refractivity contribution in [1.29, 1.82) is 0 Å². The van der Waals surface area contributed by atoms with Gasteiger partial charge in [0.05, 0.1) is 26.6 Å². The molecule has 0 aliphatic carbocycles. The molecular formula is C19H19NO7. The van der Waals surface area contributed by atoms with E-state index in [-0.39, 0.29) is 12.2 Å². The van der Waals surface area contributed by atoms with E-state index in [4.69, 9.17) is 14.6 Å². The normalized spacial score (nSPS) is 11.3. The van der Waals surface area contributed by atoms with Crippen molar-refractivity contribution in [2.24, 2.45) is 0 Å². The Labute approximate surface area is 155 Å². The van der Waals surface area contributed by atoms with Gasteiger partial charge in [-0.25, -0.2) is 9.78 Å². The fourth-order valence-corrected chi connectivity index (χ4v) is 2.41. The fraction of sp³-hybridized carbons (Fsp3) is 0.263. The molecule has 27 heavy (non-hydrogen) atoms. The number of aliphatic carboxylic acids is 1. The van der Waals surface area contributed by atoms with Crippen LogP contribution in [-0.2, 0) is 14.3 Å². The number of methoxy groups -OCH3 is 2. The van der Waals surface area contributed by atoms with E-state index in [1.165, 1.54) is 20.4 Å². The van der Waals surface area contributed by atoms with Crippen molar-refractivity contribution in [3.05, 3.63) is 53.7 Å². The highest BCUT2D eigenvalue weighted by molar-refractivity contribution is 6.02. The summed E-state index contributed by atoms with van der Waals surface area (Å²) in [6, 6.07) is 9.77. The van der Waals surface area contributed by atoms with Crippen molar-refractivity contribution in [2.75, 3.05) is 20.8 Å². The van der Waals surface area contributed by atoms with Crippen LogP contribution in [-0.4, -0.2) is 48.6 Å². The second-order valence-electron chi connectivity index (χ2n) is 5.54. The Kier molecular flexibility index (Phi) is 6.87. The summed E-state index contributed by atoms with van der Waals surface area (Å²) >= 11 is 0. The number of ether oxygens (including phenoxy) is 3. The van der Waals surface area contributed by atoms with Crippen LogP contribution in [0.1, 0.15) is 28.3 Å². The fourth-order valence-electron chi connectivity index (χ4n) is 2.41. The van der Waals surface area contributed by atoms with E-state index in [2.05, 4.69) is 9.72 Å². The molecule has 0 saturated carbocycles. The largest absolute Gasteiger partial charge is 0.497 e. The third kappa shape index (κ3) is 5.53. The van der Waals surface area contributed by atoms with Crippen molar-refractivity contribution in [3.63, 3.8) is 0 Å². The summed E-state index contributed by atoms with van der Waals surface area (Å²) in [5.41, 5.74) is 0.867. The van der Waals surface area contributed by atoms with E-state index >= 15 is 0 Å². The Morgan fingerprint density at radius 3 is 2.26 bits per heavy atom. The molecule has 0 aliphatic rings. The lowest BCUT2D eigenvalue weighted by Crippen LogP contribution is -2.20. The van der Waals surface area contributed by atoms with E-state index in [1.807, 2.05) is 0 Å². The summed E-state index contributed by atoms with van der Waals surface area (Å²) < 4.78 is 14.7. The maximum Gasteiger partial charge on any atom is 0.341 e. The van der Waals surface area contributed by atoms with Crippen LogP contribution in [0.4, 0.5) is 0 Å². The average Bonchev–Trinajstić information content (AvgIpc) is 2.70. The van der Waals surface area contributed by atoms with E-state index in [9.17, 15) is 14.4 Å². The van der Waals surface area contributed by atoms with Crippen molar-refractivity contribution in [1.82, 2.24) is 4.98 Å². The Morgan fingerprint density at radius 1 is 1.04 bits per heavy atom. The van der Waals surface area contributed by atoms with Crippen LogP contribution < -0.4 is 9.47 Å². The number of carboxylic acids is 1. The predicted molar refractivity (Wildman–Crippen MR) is 94.1 cm³/mol. The van der Waals surface area contributed by atoms with Crippen LogP contribution in [0.3, 0.4) is 0 Å². The van der Waals surface area contributed by atoms with Gasteiger partial charge >= 0.3 is 11.9 Å². The molecule has 1 heterocycles. The van der Waals surface area contributed by atoms with Crippen molar-refractivity contribution >= 4 is 17.7 Å². The van der Waals surface area contributed by atoms with Crippen molar-refractivity contribution in [2.45, 2.75) is 12.3 Å². The highest BCUT2D eigenvalue weighted by Crippen LogP contribution is 2.27. The van der Waals surface area contributed by atoms with Gasteiger partial charge in [0.1, 0.15) is 5.75 Å². The van der Waals surface area contributed by atoms with Crippen molar-refractivity contribution in [3.8, 4) is 11.6 Å². The first kappa shape index (κ1) is 19.9. The number of benzene rings is 1. The van der Waals surface area contributed by atoms with Crippen LogP contribution in [0, 0.1) is 0 Å². The van der Waals surface area contributed by atoms with E-state index in [1.54, 1.807) is 36.4 Å². The minimum Gasteiger partial charge on any atom is -0.497 e. The van der Waals surface area contributed by atoms with E-state index in [0.29, 0.717) is 22.8 Å². The highest BCUT2D eigenvalue weighted by Gasteiger charge is 2.26. The lowest BCUT2D eigenvalue weighted by Gasteiger charge is -2.16. The number of nitrogens with zero attached hydrogens (tertiary/aromatic N) is 1. The molecule has 2 rings (SSSR count). The van der Waals surface area contributed by atoms with Crippen LogP contribution in [0.2, 0.25) is 0 Å². The van der Waals surface area contributed by atoms with Crippen LogP contribution in [0.15, 0.2) is 42.6 Å². The summed E-state index contributed by atoms with van der Waals surface area (Å²) in [6.45, 7) is -0.757. The van der Waals surface area contributed by atoms with Gasteiger partial charge in [0, 0.05) is 17.8 Å². The molecule has 142 valence electrons. The van der Waals surface area contributed by atoms with Gasteiger partial charge < -0.3 is 19.3 Å². The molecule has 0 fully saturated rings. The van der Waals surface area contributed by atoms with Gasteiger partial charge in [0.25, 0.3) is 0 Å². The van der Waals surface area contributed by atoms with Crippen LogP contribution >= 0.6 is 0 Å². The minimum absolute atomic E-state index is 0.294. The Bertz CT molecular complexity index is 800. The maximum absolute atomic E-state index is 12.9. The molecule has 0 aliphatic heterocycles. The van der Waals surface area contributed by atoms with Gasteiger partial charge in [0.2, 0.25) is 5.88 Å². The monoisotopic (exact) mass is 373 g/mol. The summed E-state index contributed by atoms with van der Waals surface area (Å²) in [7, 11) is 2.98. The molecule has 0 radical (unpaired) electrons. The van der Waals surface area contributed by atoms with Gasteiger partial charge in [-0.15, -0.1) is 0 Å². The standard InChI is InChI=1S/C19H19NO7/c1-25-14-6-3-12(4-7-14)15(9-18(23)27-11-17(21)22)19(24)13-5-8-16(26-2)20-10-13/h3-8,10,15H,9,11H2,1-2H3,(H,21,22).